The quantitative estimate of drug-likeness (QED) is 0.906. The summed E-state index contributed by atoms with van der Waals surface area (Å²) < 4.78 is 6.76. The lowest BCUT2D eigenvalue weighted by atomic mass is 9.69. The van der Waals surface area contributed by atoms with Gasteiger partial charge in [-0.25, -0.2) is 0 Å². The van der Waals surface area contributed by atoms with Gasteiger partial charge in [0.1, 0.15) is 0 Å². The Labute approximate surface area is 117 Å². The minimum atomic E-state index is 0.203. The van der Waals surface area contributed by atoms with Crippen LogP contribution in [0.4, 0.5) is 0 Å². The molecule has 0 saturated carbocycles. The molecule has 0 aromatic heterocycles. The summed E-state index contributed by atoms with van der Waals surface area (Å²) in [7, 11) is 0. The highest BCUT2D eigenvalue weighted by Crippen LogP contribution is 2.41. The van der Waals surface area contributed by atoms with E-state index in [9.17, 15) is 0 Å². The highest BCUT2D eigenvalue weighted by molar-refractivity contribution is 9.10. The molecule has 18 heavy (non-hydrogen) atoms. The van der Waals surface area contributed by atoms with Gasteiger partial charge in [-0.2, -0.15) is 0 Å². The molecule has 1 aromatic carbocycles. The van der Waals surface area contributed by atoms with Crippen molar-refractivity contribution in [3.63, 3.8) is 0 Å². The number of benzene rings is 1. The number of ether oxygens (including phenoxy) is 1. The predicted molar refractivity (Wildman–Crippen MR) is 77.0 cm³/mol. The molecule has 1 unspecified atom stereocenters. The maximum absolute atomic E-state index is 5.59. The maximum Gasteiger partial charge on any atom is 0.0600 e. The van der Waals surface area contributed by atoms with E-state index < -0.39 is 0 Å². The molecule has 2 nitrogen and oxygen atoms in total. The fraction of sp³-hybridized carbons (Fsp3) is 0.600. The van der Waals surface area contributed by atoms with Crippen LogP contribution in [-0.2, 0) is 10.2 Å². The van der Waals surface area contributed by atoms with Gasteiger partial charge < -0.3 is 10.1 Å². The van der Waals surface area contributed by atoms with Gasteiger partial charge in [-0.1, -0.05) is 28.4 Å². The molecule has 1 atom stereocenters. The smallest absolute Gasteiger partial charge is 0.0600 e. The summed E-state index contributed by atoms with van der Waals surface area (Å²) in [4.78, 5) is 0. The topological polar surface area (TPSA) is 21.3 Å². The van der Waals surface area contributed by atoms with Crippen molar-refractivity contribution in [2.24, 2.45) is 0 Å². The van der Waals surface area contributed by atoms with Crippen molar-refractivity contribution in [3.05, 3.63) is 33.8 Å². The Kier molecular flexibility index (Phi) is 3.48. The first-order valence-corrected chi connectivity index (χ1v) is 7.59. The first-order valence-electron chi connectivity index (χ1n) is 6.80. The average molecular weight is 310 g/mol. The van der Waals surface area contributed by atoms with Crippen LogP contribution in [0.25, 0.3) is 0 Å². The standard InChI is InChI=1S/C15H20BrNO/c1-11-5-6-12(16)8-13(11)15(9-18-10-15)14-4-2-3-7-17-14/h5-6,8,14,17H,2-4,7,9-10H2,1H3. The Morgan fingerprint density at radius 3 is 2.78 bits per heavy atom. The predicted octanol–water partition coefficient (Wildman–Crippen LogP) is 3.17. The van der Waals surface area contributed by atoms with Crippen molar-refractivity contribution in [2.75, 3.05) is 19.8 Å². The van der Waals surface area contributed by atoms with Crippen molar-refractivity contribution in [2.45, 2.75) is 37.6 Å². The van der Waals surface area contributed by atoms with Crippen LogP contribution in [0.2, 0.25) is 0 Å². The van der Waals surface area contributed by atoms with E-state index in [0.29, 0.717) is 6.04 Å². The third-order valence-corrected chi connectivity index (χ3v) is 4.93. The number of piperidine rings is 1. The Bertz CT molecular complexity index is 436. The van der Waals surface area contributed by atoms with Gasteiger partial charge in [0.05, 0.1) is 18.6 Å². The second kappa shape index (κ2) is 4.95. The van der Waals surface area contributed by atoms with E-state index in [2.05, 4.69) is 46.4 Å². The van der Waals surface area contributed by atoms with Gasteiger partial charge in [0.25, 0.3) is 0 Å². The molecule has 0 radical (unpaired) electrons. The number of halogens is 1. The van der Waals surface area contributed by atoms with E-state index in [1.807, 2.05) is 0 Å². The second-order valence-electron chi connectivity index (χ2n) is 5.61. The molecule has 0 amide bonds. The molecular formula is C15H20BrNO. The number of hydrogen-bond acceptors (Lipinski definition) is 2. The molecule has 0 bridgehead atoms. The minimum absolute atomic E-state index is 0.203. The zero-order valence-corrected chi connectivity index (χ0v) is 12.4. The van der Waals surface area contributed by atoms with Gasteiger partial charge in [-0.05, 0) is 49.6 Å². The molecule has 2 heterocycles. The lowest BCUT2D eigenvalue weighted by Crippen LogP contribution is -2.61. The fourth-order valence-corrected chi connectivity index (χ4v) is 3.68. The van der Waals surface area contributed by atoms with Crippen LogP contribution < -0.4 is 5.32 Å². The van der Waals surface area contributed by atoms with Gasteiger partial charge in [-0.15, -0.1) is 0 Å². The van der Waals surface area contributed by atoms with Gasteiger partial charge >= 0.3 is 0 Å². The molecule has 1 N–H and O–H groups in total. The normalized spacial score (nSPS) is 26.7. The molecule has 0 aliphatic carbocycles. The van der Waals surface area contributed by atoms with Gasteiger partial charge in [-0.3, -0.25) is 0 Å². The van der Waals surface area contributed by atoms with Crippen molar-refractivity contribution < 1.29 is 4.74 Å². The van der Waals surface area contributed by atoms with Crippen LogP contribution in [0.3, 0.4) is 0 Å². The third-order valence-electron chi connectivity index (χ3n) is 4.43. The van der Waals surface area contributed by atoms with Crippen molar-refractivity contribution >= 4 is 15.9 Å². The highest BCUT2D eigenvalue weighted by Gasteiger charge is 2.47. The van der Waals surface area contributed by atoms with E-state index >= 15 is 0 Å². The number of nitrogens with one attached hydrogen (secondary N) is 1. The Hall–Kier alpha value is -0.380. The average Bonchev–Trinajstić information content (AvgIpc) is 2.34. The Morgan fingerprint density at radius 1 is 1.33 bits per heavy atom. The first-order chi connectivity index (χ1) is 8.72. The zero-order chi connectivity index (χ0) is 12.6. The minimum Gasteiger partial charge on any atom is -0.379 e. The number of aryl methyl sites for hydroxylation is 1. The van der Waals surface area contributed by atoms with E-state index in [1.54, 1.807) is 0 Å². The second-order valence-corrected chi connectivity index (χ2v) is 6.53. The molecule has 0 spiro atoms. The summed E-state index contributed by atoms with van der Waals surface area (Å²) in [6.45, 7) is 5.09. The van der Waals surface area contributed by atoms with Crippen molar-refractivity contribution in [3.8, 4) is 0 Å². The summed E-state index contributed by atoms with van der Waals surface area (Å²) in [5, 5.41) is 3.71. The molecule has 98 valence electrons. The number of rotatable bonds is 2. The summed E-state index contributed by atoms with van der Waals surface area (Å²) in [6, 6.07) is 7.20. The van der Waals surface area contributed by atoms with Gasteiger partial charge in [0, 0.05) is 10.5 Å². The molecule has 2 saturated heterocycles. The van der Waals surface area contributed by atoms with Crippen LogP contribution in [0.5, 0.6) is 0 Å². The van der Waals surface area contributed by atoms with Crippen LogP contribution >= 0.6 is 15.9 Å². The van der Waals surface area contributed by atoms with Gasteiger partial charge in [0.2, 0.25) is 0 Å². The largest absolute Gasteiger partial charge is 0.379 e. The number of hydrogen-bond donors (Lipinski definition) is 1. The molecule has 1 aromatic rings. The van der Waals surface area contributed by atoms with Crippen molar-refractivity contribution in [1.82, 2.24) is 5.32 Å². The summed E-state index contributed by atoms with van der Waals surface area (Å²) in [5.74, 6) is 0. The molecule has 2 aliphatic rings. The first kappa shape index (κ1) is 12.6. The third kappa shape index (κ3) is 2.02. The highest BCUT2D eigenvalue weighted by atomic mass is 79.9. The molecule has 2 aliphatic heterocycles. The maximum atomic E-state index is 5.59. The fourth-order valence-electron chi connectivity index (χ4n) is 3.32. The van der Waals surface area contributed by atoms with E-state index in [-0.39, 0.29) is 5.41 Å². The van der Waals surface area contributed by atoms with E-state index in [0.717, 1.165) is 19.8 Å². The SMILES string of the molecule is Cc1ccc(Br)cc1C1(C2CCCCN2)COC1. The van der Waals surface area contributed by atoms with E-state index in [1.165, 1.54) is 34.9 Å². The van der Waals surface area contributed by atoms with Gasteiger partial charge in [0.15, 0.2) is 0 Å². The van der Waals surface area contributed by atoms with Crippen LogP contribution in [0, 0.1) is 6.92 Å². The Balaban J connectivity index is 1.97. The molecule has 3 rings (SSSR count). The molecular weight excluding hydrogens is 290 g/mol. The lowest BCUT2D eigenvalue weighted by Gasteiger charge is -2.50. The summed E-state index contributed by atoms with van der Waals surface area (Å²) >= 11 is 3.60. The monoisotopic (exact) mass is 309 g/mol. The molecule has 2 fully saturated rings. The molecule has 3 heteroatoms. The zero-order valence-electron chi connectivity index (χ0n) is 10.8. The summed E-state index contributed by atoms with van der Waals surface area (Å²) in [6.07, 6.45) is 3.92. The van der Waals surface area contributed by atoms with Crippen LogP contribution in [0.15, 0.2) is 22.7 Å². The van der Waals surface area contributed by atoms with Crippen LogP contribution in [-0.4, -0.2) is 25.8 Å². The van der Waals surface area contributed by atoms with E-state index in [4.69, 9.17) is 4.74 Å². The van der Waals surface area contributed by atoms with Crippen LogP contribution in [0.1, 0.15) is 30.4 Å². The van der Waals surface area contributed by atoms with Crippen molar-refractivity contribution in [1.29, 1.82) is 0 Å². The summed E-state index contributed by atoms with van der Waals surface area (Å²) in [5.41, 5.74) is 3.05. The lowest BCUT2D eigenvalue weighted by molar-refractivity contribution is -0.0830. The Morgan fingerprint density at radius 2 is 2.17 bits per heavy atom.